The summed E-state index contributed by atoms with van der Waals surface area (Å²) >= 11 is 11.6. The number of amides is 3. The van der Waals surface area contributed by atoms with Crippen LogP contribution in [0.25, 0.3) is 0 Å². The first-order valence-corrected chi connectivity index (χ1v) is 9.21. The van der Waals surface area contributed by atoms with Crippen LogP contribution in [0.5, 0.6) is 0 Å². The van der Waals surface area contributed by atoms with Crippen LogP contribution in [0.4, 0.5) is 5.69 Å². The van der Waals surface area contributed by atoms with E-state index in [-0.39, 0.29) is 5.91 Å². The van der Waals surface area contributed by atoms with E-state index in [0.717, 1.165) is 0 Å². The minimum Gasteiger partial charge on any atom is -0.322 e. The summed E-state index contributed by atoms with van der Waals surface area (Å²) in [6.07, 6.45) is 0. The third kappa shape index (κ3) is 5.57. The van der Waals surface area contributed by atoms with Gasteiger partial charge in [0.25, 0.3) is 17.7 Å². The standard InChI is InChI=1S/C21H15Cl2N3O3/c22-16-7-1-13(2-8-16)19(27)24-18-11-5-15(6-12-18)21(29)26-25-20(28)14-3-9-17(23)10-4-14/h1-12H,(H,24,27)(H,25,28)(H,26,29). The maximum atomic E-state index is 12.2. The van der Waals surface area contributed by atoms with Crippen molar-refractivity contribution >= 4 is 46.6 Å². The molecule has 6 nitrogen and oxygen atoms in total. The minimum atomic E-state index is -0.497. The van der Waals surface area contributed by atoms with E-state index in [9.17, 15) is 14.4 Å². The molecule has 3 N–H and O–H groups in total. The zero-order chi connectivity index (χ0) is 20.8. The molecule has 0 fully saturated rings. The van der Waals surface area contributed by atoms with E-state index < -0.39 is 11.8 Å². The van der Waals surface area contributed by atoms with Gasteiger partial charge in [0.2, 0.25) is 0 Å². The van der Waals surface area contributed by atoms with Crippen molar-refractivity contribution in [1.82, 2.24) is 10.9 Å². The van der Waals surface area contributed by atoms with Crippen molar-refractivity contribution in [2.75, 3.05) is 5.32 Å². The molecule has 0 bridgehead atoms. The van der Waals surface area contributed by atoms with Gasteiger partial charge in [-0.2, -0.15) is 0 Å². The number of nitrogens with one attached hydrogen (secondary N) is 3. The maximum Gasteiger partial charge on any atom is 0.269 e. The SMILES string of the molecule is O=C(NNC(=O)c1ccc(NC(=O)c2ccc(Cl)cc2)cc1)c1ccc(Cl)cc1. The molecule has 0 aliphatic heterocycles. The summed E-state index contributed by atoms with van der Waals surface area (Å²) in [6, 6.07) is 19.0. The van der Waals surface area contributed by atoms with Gasteiger partial charge in [0.1, 0.15) is 0 Å². The average molecular weight is 428 g/mol. The van der Waals surface area contributed by atoms with Crippen molar-refractivity contribution < 1.29 is 14.4 Å². The van der Waals surface area contributed by atoms with Crippen LogP contribution < -0.4 is 16.2 Å². The van der Waals surface area contributed by atoms with E-state index in [4.69, 9.17) is 23.2 Å². The molecule has 3 amide bonds. The fourth-order valence-corrected chi connectivity index (χ4v) is 2.62. The summed E-state index contributed by atoms with van der Waals surface area (Å²) < 4.78 is 0. The van der Waals surface area contributed by atoms with Gasteiger partial charge in [-0.15, -0.1) is 0 Å². The number of rotatable bonds is 4. The molecule has 0 heterocycles. The molecule has 146 valence electrons. The number of hydrogen-bond donors (Lipinski definition) is 3. The molecule has 29 heavy (non-hydrogen) atoms. The zero-order valence-electron chi connectivity index (χ0n) is 14.9. The summed E-state index contributed by atoms with van der Waals surface area (Å²) in [6.45, 7) is 0. The first-order valence-electron chi connectivity index (χ1n) is 8.45. The van der Waals surface area contributed by atoms with Gasteiger partial charge in [0.05, 0.1) is 0 Å². The lowest BCUT2D eigenvalue weighted by Crippen LogP contribution is -2.41. The Morgan fingerprint density at radius 2 is 0.862 bits per heavy atom. The monoisotopic (exact) mass is 427 g/mol. The van der Waals surface area contributed by atoms with Crippen LogP contribution in [0, 0.1) is 0 Å². The zero-order valence-corrected chi connectivity index (χ0v) is 16.4. The van der Waals surface area contributed by atoms with Crippen LogP contribution in [-0.2, 0) is 0 Å². The molecule has 0 aromatic heterocycles. The van der Waals surface area contributed by atoms with Gasteiger partial charge in [-0.3, -0.25) is 25.2 Å². The highest BCUT2D eigenvalue weighted by atomic mass is 35.5. The van der Waals surface area contributed by atoms with E-state index in [1.165, 1.54) is 12.1 Å². The van der Waals surface area contributed by atoms with Crippen LogP contribution in [0.15, 0.2) is 72.8 Å². The molecule has 0 unspecified atom stereocenters. The lowest BCUT2D eigenvalue weighted by Gasteiger charge is -2.09. The first-order chi connectivity index (χ1) is 13.9. The summed E-state index contributed by atoms with van der Waals surface area (Å²) in [5.41, 5.74) is 6.31. The number of benzene rings is 3. The lowest BCUT2D eigenvalue weighted by atomic mass is 10.1. The summed E-state index contributed by atoms with van der Waals surface area (Å²) in [5, 5.41) is 3.78. The quantitative estimate of drug-likeness (QED) is 0.541. The van der Waals surface area contributed by atoms with Crippen LogP contribution in [0.3, 0.4) is 0 Å². The van der Waals surface area contributed by atoms with Crippen molar-refractivity contribution in [2.24, 2.45) is 0 Å². The highest BCUT2D eigenvalue weighted by molar-refractivity contribution is 6.31. The average Bonchev–Trinajstić information content (AvgIpc) is 2.73. The summed E-state index contributed by atoms with van der Waals surface area (Å²) in [4.78, 5) is 36.4. The molecule has 0 radical (unpaired) electrons. The third-order valence-electron chi connectivity index (χ3n) is 3.91. The van der Waals surface area contributed by atoms with Gasteiger partial charge in [0.15, 0.2) is 0 Å². The van der Waals surface area contributed by atoms with E-state index >= 15 is 0 Å². The molecule has 3 aromatic rings. The molecule has 3 aromatic carbocycles. The molecule has 0 aliphatic carbocycles. The van der Waals surface area contributed by atoms with Crippen LogP contribution in [0.1, 0.15) is 31.1 Å². The topological polar surface area (TPSA) is 87.3 Å². The van der Waals surface area contributed by atoms with Crippen LogP contribution in [0.2, 0.25) is 10.0 Å². The van der Waals surface area contributed by atoms with Gasteiger partial charge in [-0.1, -0.05) is 23.2 Å². The smallest absolute Gasteiger partial charge is 0.269 e. The van der Waals surface area contributed by atoms with Gasteiger partial charge in [-0.05, 0) is 72.8 Å². The predicted molar refractivity (Wildman–Crippen MR) is 112 cm³/mol. The normalized spacial score (nSPS) is 10.1. The van der Waals surface area contributed by atoms with E-state index in [1.807, 2.05) is 0 Å². The Morgan fingerprint density at radius 1 is 0.517 bits per heavy atom. The Bertz CT molecular complexity index is 1030. The minimum absolute atomic E-state index is 0.297. The van der Waals surface area contributed by atoms with Crippen molar-refractivity contribution in [3.63, 3.8) is 0 Å². The van der Waals surface area contributed by atoms with Gasteiger partial charge in [-0.25, -0.2) is 0 Å². The van der Waals surface area contributed by atoms with Gasteiger partial charge in [0, 0.05) is 32.4 Å². The fraction of sp³-hybridized carbons (Fsp3) is 0. The number of hydrazine groups is 1. The third-order valence-corrected chi connectivity index (χ3v) is 4.41. The Morgan fingerprint density at radius 3 is 1.28 bits per heavy atom. The van der Waals surface area contributed by atoms with Crippen LogP contribution >= 0.6 is 23.2 Å². The van der Waals surface area contributed by atoms with Crippen LogP contribution in [-0.4, -0.2) is 17.7 Å². The van der Waals surface area contributed by atoms with E-state index in [2.05, 4.69) is 16.2 Å². The maximum absolute atomic E-state index is 12.2. The first kappa shape index (κ1) is 20.4. The molecular weight excluding hydrogens is 413 g/mol. The van der Waals surface area contributed by atoms with Gasteiger partial charge < -0.3 is 5.32 Å². The van der Waals surface area contributed by atoms with Crippen molar-refractivity contribution in [2.45, 2.75) is 0 Å². The summed E-state index contributed by atoms with van der Waals surface area (Å²) in [5.74, 6) is -1.26. The highest BCUT2D eigenvalue weighted by Crippen LogP contribution is 2.14. The predicted octanol–water partition coefficient (Wildman–Crippen LogP) is 4.32. The van der Waals surface area contributed by atoms with Crippen molar-refractivity contribution in [3.8, 4) is 0 Å². The molecule has 0 saturated heterocycles. The number of hydrogen-bond acceptors (Lipinski definition) is 3. The number of anilines is 1. The Hall–Kier alpha value is -3.35. The molecule has 0 atom stereocenters. The second kappa shape index (κ2) is 9.23. The molecular formula is C21H15Cl2N3O3. The summed E-state index contributed by atoms with van der Waals surface area (Å²) in [7, 11) is 0. The second-order valence-electron chi connectivity index (χ2n) is 5.95. The van der Waals surface area contributed by atoms with Crippen molar-refractivity contribution in [3.05, 3.63) is 99.5 Å². The number of carbonyl (C=O) groups is 3. The highest BCUT2D eigenvalue weighted by Gasteiger charge is 2.10. The molecule has 3 rings (SSSR count). The number of halogens is 2. The molecule has 0 saturated carbocycles. The van der Waals surface area contributed by atoms with E-state index in [0.29, 0.717) is 32.4 Å². The lowest BCUT2D eigenvalue weighted by molar-refractivity contribution is 0.0846. The molecule has 0 spiro atoms. The Labute approximate surface area is 176 Å². The molecule has 8 heteroatoms. The van der Waals surface area contributed by atoms with Crippen molar-refractivity contribution in [1.29, 1.82) is 0 Å². The number of carbonyl (C=O) groups excluding carboxylic acids is 3. The fourth-order valence-electron chi connectivity index (χ4n) is 2.37. The van der Waals surface area contributed by atoms with E-state index in [1.54, 1.807) is 60.7 Å². The second-order valence-corrected chi connectivity index (χ2v) is 6.83. The molecule has 0 aliphatic rings. The van der Waals surface area contributed by atoms with Gasteiger partial charge >= 0.3 is 0 Å². The largest absolute Gasteiger partial charge is 0.322 e. The Balaban J connectivity index is 1.55. The Kier molecular flexibility index (Phi) is 6.49.